The van der Waals surface area contributed by atoms with Crippen LogP contribution < -0.4 is 5.32 Å². The standard InChI is InChI=1S/C12H13N3O2S/c1-2-10-14-15-12(18-10)13-7-8-3-5-9(6-4-8)11(16)17/h3-6H,2,7H2,1H3,(H,13,15)(H,16,17). The molecule has 0 atom stereocenters. The van der Waals surface area contributed by atoms with Crippen LogP contribution in [0.25, 0.3) is 0 Å². The number of aryl methyl sites for hydroxylation is 1. The van der Waals surface area contributed by atoms with Crippen molar-refractivity contribution in [2.24, 2.45) is 0 Å². The lowest BCUT2D eigenvalue weighted by Crippen LogP contribution is -2.00. The number of benzene rings is 1. The van der Waals surface area contributed by atoms with Crippen molar-refractivity contribution in [1.82, 2.24) is 10.2 Å². The number of carboxylic acids is 1. The topological polar surface area (TPSA) is 75.1 Å². The van der Waals surface area contributed by atoms with E-state index >= 15 is 0 Å². The highest BCUT2D eigenvalue weighted by molar-refractivity contribution is 7.15. The van der Waals surface area contributed by atoms with Crippen LogP contribution in [0, 0.1) is 0 Å². The van der Waals surface area contributed by atoms with Gasteiger partial charge < -0.3 is 10.4 Å². The number of hydrogen-bond donors (Lipinski definition) is 2. The molecule has 0 spiro atoms. The van der Waals surface area contributed by atoms with E-state index in [1.165, 1.54) is 11.3 Å². The van der Waals surface area contributed by atoms with E-state index < -0.39 is 5.97 Å². The monoisotopic (exact) mass is 263 g/mol. The van der Waals surface area contributed by atoms with Gasteiger partial charge in [0.25, 0.3) is 0 Å². The SMILES string of the molecule is CCc1nnc(NCc2ccc(C(=O)O)cc2)s1. The number of nitrogens with one attached hydrogen (secondary N) is 1. The zero-order chi connectivity index (χ0) is 13.0. The number of aromatic carboxylic acids is 1. The van der Waals surface area contributed by atoms with Crippen LogP contribution in [0.1, 0.15) is 27.9 Å². The first kappa shape index (κ1) is 12.5. The molecule has 6 heteroatoms. The third-order valence-electron chi connectivity index (χ3n) is 2.41. The second-order valence-electron chi connectivity index (χ2n) is 3.71. The van der Waals surface area contributed by atoms with Crippen LogP contribution in [0.15, 0.2) is 24.3 Å². The zero-order valence-electron chi connectivity index (χ0n) is 9.88. The summed E-state index contributed by atoms with van der Waals surface area (Å²) in [6.07, 6.45) is 0.882. The predicted molar refractivity (Wildman–Crippen MR) is 70.0 cm³/mol. The van der Waals surface area contributed by atoms with E-state index in [1.54, 1.807) is 24.3 Å². The van der Waals surface area contributed by atoms with Crippen molar-refractivity contribution in [2.75, 3.05) is 5.32 Å². The summed E-state index contributed by atoms with van der Waals surface area (Å²) in [5, 5.41) is 21.8. The minimum absolute atomic E-state index is 0.294. The second-order valence-corrected chi connectivity index (χ2v) is 4.77. The highest BCUT2D eigenvalue weighted by Crippen LogP contribution is 2.16. The van der Waals surface area contributed by atoms with Crippen molar-refractivity contribution in [1.29, 1.82) is 0 Å². The molecule has 2 rings (SSSR count). The van der Waals surface area contributed by atoms with Gasteiger partial charge in [-0.25, -0.2) is 4.79 Å². The van der Waals surface area contributed by atoms with E-state index in [2.05, 4.69) is 15.5 Å². The molecule has 0 unspecified atom stereocenters. The predicted octanol–water partition coefficient (Wildman–Crippen LogP) is 2.41. The maximum Gasteiger partial charge on any atom is 0.335 e. The Labute approximate surface area is 109 Å². The van der Waals surface area contributed by atoms with Gasteiger partial charge in [-0.1, -0.05) is 30.4 Å². The summed E-state index contributed by atoms with van der Waals surface area (Å²) >= 11 is 1.53. The number of carboxylic acid groups (broad SMARTS) is 1. The first-order chi connectivity index (χ1) is 8.69. The number of rotatable bonds is 5. The molecule has 1 aromatic heterocycles. The molecule has 0 aliphatic rings. The Morgan fingerprint density at radius 3 is 2.61 bits per heavy atom. The molecule has 0 fully saturated rings. The van der Waals surface area contributed by atoms with Crippen LogP contribution in [-0.2, 0) is 13.0 Å². The molecule has 1 heterocycles. The van der Waals surface area contributed by atoms with Gasteiger partial charge >= 0.3 is 5.97 Å². The van der Waals surface area contributed by atoms with Crippen LogP contribution in [0.3, 0.4) is 0 Å². The van der Waals surface area contributed by atoms with Crippen LogP contribution in [0.4, 0.5) is 5.13 Å². The molecular formula is C12H13N3O2S. The number of carbonyl (C=O) groups is 1. The van der Waals surface area contributed by atoms with Crippen molar-refractivity contribution in [2.45, 2.75) is 19.9 Å². The molecule has 0 bridgehead atoms. The van der Waals surface area contributed by atoms with Crippen molar-refractivity contribution < 1.29 is 9.90 Å². The lowest BCUT2D eigenvalue weighted by Gasteiger charge is -2.02. The molecule has 1 aromatic carbocycles. The second kappa shape index (κ2) is 5.59. The molecule has 5 nitrogen and oxygen atoms in total. The molecule has 2 N–H and O–H groups in total. The van der Waals surface area contributed by atoms with Gasteiger partial charge in [-0.05, 0) is 24.1 Å². The molecule has 0 aliphatic heterocycles. The first-order valence-electron chi connectivity index (χ1n) is 5.57. The highest BCUT2D eigenvalue weighted by Gasteiger charge is 2.03. The van der Waals surface area contributed by atoms with Crippen LogP contribution >= 0.6 is 11.3 Å². The molecule has 2 aromatic rings. The average molecular weight is 263 g/mol. The molecular weight excluding hydrogens is 250 g/mol. The van der Waals surface area contributed by atoms with Crippen LogP contribution in [0.2, 0.25) is 0 Å². The first-order valence-corrected chi connectivity index (χ1v) is 6.39. The Kier molecular flexibility index (Phi) is 3.88. The molecule has 0 saturated carbocycles. The van der Waals surface area contributed by atoms with Gasteiger partial charge in [0.2, 0.25) is 5.13 Å². The molecule has 18 heavy (non-hydrogen) atoms. The van der Waals surface area contributed by atoms with Crippen molar-refractivity contribution in [3.05, 3.63) is 40.4 Å². The number of nitrogens with zero attached hydrogens (tertiary/aromatic N) is 2. The Hall–Kier alpha value is -1.95. The van der Waals surface area contributed by atoms with Gasteiger partial charge in [0.15, 0.2) is 0 Å². The molecule has 94 valence electrons. The van der Waals surface area contributed by atoms with Crippen molar-refractivity contribution >= 4 is 22.4 Å². The van der Waals surface area contributed by atoms with E-state index in [-0.39, 0.29) is 0 Å². The zero-order valence-corrected chi connectivity index (χ0v) is 10.7. The molecule has 0 aliphatic carbocycles. The van der Waals surface area contributed by atoms with E-state index in [0.717, 1.165) is 22.1 Å². The smallest absolute Gasteiger partial charge is 0.335 e. The lowest BCUT2D eigenvalue weighted by atomic mass is 10.1. The van der Waals surface area contributed by atoms with Crippen molar-refractivity contribution in [3.63, 3.8) is 0 Å². The molecule has 0 saturated heterocycles. The number of anilines is 1. The van der Waals surface area contributed by atoms with E-state index in [4.69, 9.17) is 5.11 Å². The quantitative estimate of drug-likeness (QED) is 0.866. The number of aromatic nitrogens is 2. The van der Waals surface area contributed by atoms with Crippen LogP contribution in [-0.4, -0.2) is 21.3 Å². The summed E-state index contributed by atoms with van der Waals surface area (Å²) in [6, 6.07) is 6.77. The summed E-state index contributed by atoms with van der Waals surface area (Å²) in [4.78, 5) is 10.7. The summed E-state index contributed by atoms with van der Waals surface area (Å²) < 4.78 is 0. The largest absolute Gasteiger partial charge is 0.478 e. The number of hydrogen-bond acceptors (Lipinski definition) is 5. The Bertz CT molecular complexity index is 537. The fourth-order valence-corrected chi connectivity index (χ4v) is 2.09. The fourth-order valence-electron chi connectivity index (χ4n) is 1.41. The van der Waals surface area contributed by atoms with E-state index in [0.29, 0.717) is 12.1 Å². The summed E-state index contributed by atoms with van der Waals surface area (Å²) in [7, 11) is 0. The molecule has 0 amide bonds. The van der Waals surface area contributed by atoms with E-state index in [9.17, 15) is 4.79 Å². The lowest BCUT2D eigenvalue weighted by molar-refractivity contribution is 0.0697. The maximum atomic E-state index is 10.7. The highest BCUT2D eigenvalue weighted by atomic mass is 32.1. The Balaban J connectivity index is 1.95. The van der Waals surface area contributed by atoms with E-state index in [1.807, 2.05) is 6.92 Å². The van der Waals surface area contributed by atoms with Gasteiger partial charge in [-0.3, -0.25) is 0 Å². The van der Waals surface area contributed by atoms with Crippen LogP contribution in [0.5, 0.6) is 0 Å². The Morgan fingerprint density at radius 2 is 2.06 bits per heavy atom. The summed E-state index contributed by atoms with van der Waals surface area (Å²) in [5.74, 6) is -0.911. The Morgan fingerprint density at radius 1 is 1.33 bits per heavy atom. The fraction of sp³-hybridized carbons (Fsp3) is 0.250. The minimum Gasteiger partial charge on any atom is -0.478 e. The average Bonchev–Trinajstić information content (AvgIpc) is 2.85. The van der Waals surface area contributed by atoms with Gasteiger partial charge in [-0.15, -0.1) is 10.2 Å². The van der Waals surface area contributed by atoms with Gasteiger partial charge in [-0.2, -0.15) is 0 Å². The van der Waals surface area contributed by atoms with Gasteiger partial charge in [0.1, 0.15) is 5.01 Å². The summed E-state index contributed by atoms with van der Waals surface area (Å²) in [6.45, 7) is 2.65. The third kappa shape index (κ3) is 3.04. The summed E-state index contributed by atoms with van der Waals surface area (Å²) in [5.41, 5.74) is 1.30. The third-order valence-corrected chi connectivity index (χ3v) is 3.44. The minimum atomic E-state index is -0.911. The van der Waals surface area contributed by atoms with Gasteiger partial charge in [0, 0.05) is 6.54 Å². The normalized spacial score (nSPS) is 10.3. The van der Waals surface area contributed by atoms with Gasteiger partial charge in [0.05, 0.1) is 5.56 Å². The maximum absolute atomic E-state index is 10.7. The van der Waals surface area contributed by atoms with Crippen molar-refractivity contribution in [3.8, 4) is 0 Å². The molecule has 0 radical (unpaired) electrons.